The van der Waals surface area contributed by atoms with Crippen LogP contribution in [-0.4, -0.2) is 19.3 Å². The lowest BCUT2D eigenvalue weighted by molar-refractivity contribution is 1.07. The van der Waals surface area contributed by atoms with E-state index in [1.807, 2.05) is 46.9 Å². The largest absolute Gasteiger partial charge is 0.301 e. The molecule has 0 aliphatic heterocycles. The highest BCUT2D eigenvalue weighted by Gasteiger charge is 2.23. The van der Waals surface area contributed by atoms with Gasteiger partial charge in [-0.15, -0.1) is 32.9 Å². The van der Waals surface area contributed by atoms with Gasteiger partial charge in [-0.2, -0.15) is 0 Å². The van der Waals surface area contributed by atoms with E-state index < -0.39 is 0 Å². The van der Waals surface area contributed by atoms with Crippen LogP contribution in [0.2, 0.25) is 0 Å². The molecule has 0 N–H and O–H groups in total. The molecule has 198 valence electrons. The number of para-hydroxylation sites is 2. The molecule has 0 saturated heterocycles. The van der Waals surface area contributed by atoms with Gasteiger partial charge in [-0.25, -0.2) is 0 Å². The van der Waals surface area contributed by atoms with Gasteiger partial charge >= 0.3 is 0 Å². The van der Waals surface area contributed by atoms with Gasteiger partial charge in [-0.05, 0) is 48.5 Å². The van der Waals surface area contributed by atoms with Crippen LogP contribution >= 0.6 is 22.7 Å². The molecular formula is C36H22N4S2. The fourth-order valence-corrected chi connectivity index (χ4v) is 8.83. The fraction of sp³-hybridized carbons (Fsp3) is 0. The monoisotopic (exact) mass is 574 g/mol. The first-order chi connectivity index (χ1) is 20.8. The summed E-state index contributed by atoms with van der Waals surface area (Å²) in [6, 6.07) is 46.8. The van der Waals surface area contributed by atoms with Crippen LogP contribution in [0.4, 0.5) is 0 Å². The van der Waals surface area contributed by atoms with Crippen LogP contribution in [0.25, 0.3) is 74.8 Å². The Balaban J connectivity index is 1.36. The molecule has 4 nitrogen and oxygen atoms in total. The molecule has 0 aliphatic rings. The minimum absolute atomic E-state index is 0.824. The third-order valence-corrected chi connectivity index (χ3v) is 10.4. The molecular weight excluding hydrogens is 553 g/mol. The summed E-state index contributed by atoms with van der Waals surface area (Å²) in [4.78, 5) is 1.27. The van der Waals surface area contributed by atoms with Gasteiger partial charge in [0.05, 0.1) is 14.9 Å². The van der Waals surface area contributed by atoms with Crippen molar-refractivity contribution in [2.45, 2.75) is 0 Å². The maximum Gasteiger partial charge on any atom is 0.168 e. The summed E-state index contributed by atoms with van der Waals surface area (Å²) in [7, 11) is 0. The number of hydrogen-bond donors (Lipinski definition) is 0. The van der Waals surface area contributed by atoms with Crippen molar-refractivity contribution in [1.82, 2.24) is 19.3 Å². The quantitative estimate of drug-likeness (QED) is 0.210. The predicted molar refractivity (Wildman–Crippen MR) is 177 cm³/mol. The lowest BCUT2D eigenvalue weighted by Gasteiger charge is -2.11. The first kappa shape index (κ1) is 23.6. The first-order valence-electron chi connectivity index (χ1n) is 13.9. The van der Waals surface area contributed by atoms with Gasteiger partial charge in [0.15, 0.2) is 11.6 Å². The van der Waals surface area contributed by atoms with E-state index in [4.69, 9.17) is 10.2 Å². The van der Waals surface area contributed by atoms with Crippen molar-refractivity contribution in [3.05, 3.63) is 133 Å². The number of nitrogens with zero attached hydrogens (tertiary/aromatic N) is 4. The zero-order valence-corrected chi connectivity index (χ0v) is 23.9. The molecule has 9 aromatic rings. The molecule has 0 unspecified atom stereocenters. The number of rotatable bonds is 4. The highest BCUT2D eigenvalue weighted by Crippen LogP contribution is 2.49. The van der Waals surface area contributed by atoms with Gasteiger partial charge in [-0.3, -0.25) is 4.57 Å². The summed E-state index contributed by atoms with van der Waals surface area (Å²) in [5, 5.41) is 13.4. The molecule has 5 aromatic carbocycles. The van der Waals surface area contributed by atoms with Gasteiger partial charge < -0.3 is 4.57 Å². The molecule has 4 aromatic heterocycles. The molecule has 0 fully saturated rings. The van der Waals surface area contributed by atoms with E-state index in [9.17, 15) is 0 Å². The summed E-state index contributed by atoms with van der Waals surface area (Å²) in [5.41, 5.74) is 5.46. The summed E-state index contributed by atoms with van der Waals surface area (Å²) < 4.78 is 8.62. The van der Waals surface area contributed by atoms with Crippen LogP contribution < -0.4 is 0 Å². The van der Waals surface area contributed by atoms with Crippen LogP contribution in [0.15, 0.2) is 133 Å². The third kappa shape index (κ3) is 3.46. The van der Waals surface area contributed by atoms with Crippen molar-refractivity contribution in [1.29, 1.82) is 0 Å². The zero-order valence-electron chi connectivity index (χ0n) is 22.3. The van der Waals surface area contributed by atoms with Crippen LogP contribution in [-0.2, 0) is 0 Å². The third-order valence-electron chi connectivity index (χ3n) is 7.88. The molecule has 0 amide bonds. The Labute approximate surface area is 249 Å². The maximum atomic E-state index is 4.79. The second-order valence-corrected chi connectivity index (χ2v) is 12.4. The Hall–Kier alpha value is -5.04. The molecule has 0 saturated carbocycles. The topological polar surface area (TPSA) is 35.6 Å². The van der Waals surface area contributed by atoms with Crippen molar-refractivity contribution < 1.29 is 0 Å². The first-order valence-corrected chi connectivity index (χ1v) is 15.5. The van der Waals surface area contributed by atoms with E-state index in [2.05, 4.69) is 118 Å². The Kier molecular flexibility index (Phi) is 5.20. The molecule has 6 heteroatoms. The lowest BCUT2D eigenvalue weighted by Crippen LogP contribution is -2.00. The second kappa shape index (κ2) is 9.24. The van der Waals surface area contributed by atoms with Gasteiger partial charge in [0.25, 0.3) is 0 Å². The standard InChI is InChI=1S/C36H22N4S2/c1-4-12-23(13-5-1)34-37-38-35(40(34)26-16-8-3-9-17-26)24-20-21-29-28(22-24)31-33-32(27-18-10-11-19-30(27)41-33)42-36(31)39(29)25-14-6-2-7-15-25/h1-22H. The Morgan fingerprint density at radius 3 is 1.83 bits per heavy atom. The molecule has 4 heterocycles. The molecule has 0 aliphatic carbocycles. The second-order valence-electron chi connectivity index (χ2n) is 10.3. The normalized spacial score (nSPS) is 11.8. The summed E-state index contributed by atoms with van der Waals surface area (Å²) in [6.07, 6.45) is 0. The smallest absolute Gasteiger partial charge is 0.168 e. The highest BCUT2D eigenvalue weighted by molar-refractivity contribution is 7.36. The van der Waals surface area contributed by atoms with Crippen LogP contribution in [0.3, 0.4) is 0 Å². The van der Waals surface area contributed by atoms with E-state index in [0.29, 0.717) is 0 Å². The Bertz CT molecular complexity index is 2400. The van der Waals surface area contributed by atoms with Gasteiger partial charge in [0, 0.05) is 43.4 Å². The maximum absolute atomic E-state index is 4.79. The number of aromatic nitrogens is 4. The number of thiophene rings is 2. The predicted octanol–water partition coefficient (Wildman–Crippen LogP) is 10.1. The average molecular weight is 575 g/mol. The Morgan fingerprint density at radius 1 is 0.476 bits per heavy atom. The minimum Gasteiger partial charge on any atom is -0.301 e. The summed E-state index contributed by atoms with van der Waals surface area (Å²) in [5.74, 6) is 1.65. The van der Waals surface area contributed by atoms with Crippen LogP contribution in [0, 0.1) is 0 Å². The molecule has 0 atom stereocenters. The van der Waals surface area contributed by atoms with Crippen molar-refractivity contribution >= 4 is 63.3 Å². The van der Waals surface area contributed by atoms with Crippen molar-refractivity contribution in [2.24, 2.45) is 0 Å². The number of hydrogen-bond acceptors (Lipinski definition) is 4. The van der Waals surface area contributed by atoms with Crippen molar-refractivity contribution in [3.63, 3.8) is 0 Å². The number of fused-ring (bicyclic) bond motifs is 7. The Morgan fingerprint density at radius 2 is 1.10 bits per heavy atom. The molecule has 9 rings (SSSR count). The van der Waals surface area contributed by atoms with E-state index in [1.165, 1.54) is 46.3 Å². The van der Waals surface area contributed by atoms with Gasteiger partial charge in [0.2, 0.25) is 0 Å². The summed E-state index contributed by atoms with van der Waals surface area (Å²) >= 11 is 3.78. The average Bonchev–Trinajstić information content (AvgIpc) is 3.81. The highest BCUT2D eigenvalue weighted by atomic mass is 32.1. The van der Waals surface area contributed by atoms with Gasteiger partial charge in [0.1, 0.15) is 4.83 Å². The van der Waals surface area contributed by atoms with Crippen molar-refractivity contribution in [2.75, 3.05) is 0 Å². The van der Waals surface area contributed by atoms with Crippen LogP contribution in [0.5, 0.6) is 0 Å². The molecule has 42 heavy (non-hydrogen) atoms. The van der Waals surface area contributed by atoms with E-state index in [0.717, 1.165) is 28.5 Å². The van der Waals surface area contributed by atoms with E-state index >= 15 is 0 Å². The minimum atomic E-state index is 0.824. The van der Waals surface area contributed by atoms with E-state index in [-0.39, 0.29) is 0 Å². The fourth-order valence-electron chi connectivity index (χ4n) is 6.01. The summed E-state index contributed by atoms with van der Waals surface area (Å²) in [6.45, 7) is 0. The molecule has 0 spiro atoms. The van der Waals surface area contributed by atoms with Crippen molar-refractivity contribution in [3.8, 4) is 34.2 Å². The van der Waals surface area contributed by atoms with E-state index in [1.54, 1.807) is 0 Å². The molecule has 0 bridgehead atoms. The molecule has 0 radical (unpaired) electrons. The van der Waals surface area contributed by atoms with Crippen LogP contribution in [0.1, 0.15) is 0 Å². The van der Waals surface area contributed by atoms with Gasteiger partial charge in [-0.1, -0.05) is 84.9 Å². The lowest BCUT2D eigenvalue weighted by atomic mass is 10.1. The zero-order chi connectivity index (χ0) is 27.6. The number of benzene rings is 5. The SMILES string of the molecule is c1ccc(-c2nnc(-c3ccc4c(c3)c3c5sc6ccccc6c5sc3n4-c3ccccc3)n2-c2ccccc2)cc1.